The van der Waals surface area contributed by atoms with E-state index in [0.29, 0.717) is 24.3 Å². The first-order valence-corrected chi connectivity index (χ1v) is 8.73. The van der Waals surface area contributed by atoms with Crippen LogP contribution in [0.25, 0.3) is 11.4 Å². The minimum Gasteiger partial charge on any atom is -0.338 e. The number of rotatable bonds is 7. The number of benzene rings is 1. The minimum atomic E-state index is 0.294. The van der Waals surface area contributed by atoms with Crippen molar-refractivity contribution in [3.8, 4) is 11.4 Å². The average molecular weight is 336 g/mol. The molecule has 0 aliphatic rings. The Hall–Kier alpha value is -2.53. The fourth-order valence-corrected chi connectivity index (χ4v) is 3.04. The van der Waals surface area contributed by atoms with Gasteiger partial charge in [-0.15, -0.1) is 0 Å². The molecule has 1 atom stereocenters. The Bertz CT molecular complexity index is 783. The molecule has 5 heteroatoms. The molecule has 0 saturated carbocycles. The molecule has 0 fully saturated rings. The SMILES string of the molecule is CCc1ccc(-c2noc(CN(C)[C@@H](CC)c3ccncc3)n2)cc1. The van der Waals surface area contributed by atoms with E-state index in [1.165, 1.54) is 11.1 Å². The van der Waals surface area contributed by atoms with E-state index in [2.05, 4.69) is 65.2 Å². The fraction of sp³-hybridized carbons (Fsp3) is 0.350. The van der Waals surface area contributed by atoms with Crippen LogP contribution >= 0.6 is 0 Å². The maximum absolute atomic E-state index is 5.46. The lowest BCUT2D eigenvalue weighted by atomic mass is 10.0. The third-order valence-electron chi connectivity index (χ3n) is 4.48. The van der Waals surface area contributed by atoms with Crippen LogP contribution < -0.4 is 0 Å². The number of pyridine rings is 1. The van der Waals surface area contributed by atoms with E-state index in [0.717, 1.165) is 18.4 Å². The third kappa shape index (κ3) is 4.12. The molecule has 0 saturated heterocycles. The molecule has 0 bridgehead atoms. The topological polar surface area (TPSA) is 55.1 Å². The first-order chi connectivity index (χ1) is 12.2. The van der Waals surface area contributed by atoms with Gasteiger partial charge in [0.05, 0.1) is 6.54 Å². The maximum atomic E-state index is 5.46. The summed E-state index contributed by atoms with van der Waals surface area (Å²) in [6.45, 7) is 4.93. The predicted molar refractivity (Wildman–Crippen MR) is 97.8 cm³/mol. The molecule has 0 spiro atoms. The molecule has 0 amide bonds. The van der Waals surface area contributed by atoms with Gasteiger partial charge in [0, 0.05) is 24.0 Å². The highest BCUT2D eigenvalue weighted by atomic mass is 16.5. The molecule has 0 N–H and O–H groups in total. The second-order valence-electron chi connectivity index (χ2n) is 6.18. The van der Waals surface area contributed by atoms with Gasteiger partial charge in [0.15, 0.2) is 0 Å². The van der Waals surface area contributed by atoms with Crippen molar-refractivity contribution in [3.05, 3.63) is 65.8 Å². The zero-order chi connectivity index (χ0) is 17.6. The van der Waals surface area contributed by atoms with Crippen LogP contribution in [0, 0.1) is 0 Å². The molecule has 3 rings (SSSR count). The van der Waals surface area contributed by atoms with Crippen LogP contribution in [0.2, 0.25) is 0 Å². The Morgan fingerprint density at radius 1 is 1.04 bits per heavy atom. The Morgan fingerprint density at radius 2 is 1.76 bits per heavy atom. The summed E-state index contributed by atoms with van der Waals surface area (Å²) in [6, 6.07) is 12.7. The van der Waals surface area contributed by atoms with E-state index in [-0.39, 0.29) is 0 Å². The smallest absolute Gasteiger partial charge is 0.241 e. The Balaban J connectivity index is 1.71. The van der Waals surface area contributed by atoms with Gasteiger partial charge < -0.3 is 4.52 Å². The van der Waals surface area contributed by atoms with Gasteiger partial charge in [-0.25, -0.2) is 0 Å². The lowest BCUT2D eigenvalue weighted by molar-refractivity contribution is 0.199. The lowest BCUT2D eigenvalue weighted by Gasteiger charge is -2.25. The third-order valence-corrected chi connectivity index (χ3v) is 4.48. The summed E-state index contributed by atoms with van der Waals surface area (Å²) in [4.78, 5) is 10.9. The summed E-state index contributed by atoms with van der Waals surface area (Å²) in [5.41, 5.74) is 3.53. The second-order valence-corrected chi connectivity index (χ2v) is 6.18. The van der Waals surface area contributed by atoms with Gasteiger partial charge in [0.25, 0.3) is 0 Å². The van der Waals surface area contributed by atoms with Gasteiger partial charge in [-0.3, -0.25) is 9.88 Å². The summed E-state index contributed by atoms with van der Waals surface area (Å²) >= 11 is 0. The monoisotopic (exact) mass is 336 g/mol. The van der Waals surface area contributed by atoms with Gasteiger partial charge in [-0.1, -0.05) is 43.3 Å². The molecular formula is C20H24N4O. The van der Waals surface area contributed by atoms with E-state index >= 15 is 0 Å². The van der Waals surface area contributed by atoms with Crippen LogP contribution in [0.5, 0.6) is 0 Å². The van der Waals surface area contributed by atoms with Crippen molar-refractivity contribution in [1.82, 2.24) is 20.0 Å². The molecule has 0 radical (unpaired) electrons. The summed E-state index contributed by atoms with van der Waals surface area (Å²) < 4.78 is 5.46. The Labute approximate surface area is 148 Å². The van der Waals surface area contributed by atoms with Gasteiger partial charge in [-0.05, 0) is 43.1 Å². The normalized spacial score (nSPS) is 12.5. The van der Waals surface area contributed by atoms with E-state index < -0.39 is 0 Å². The molecule has 0 unspecified atom stereocenters. The second kappa shape index (κ2) is 8.03. The van der Waals surface area contributed by atoms with Gasteiger partial charge in [0.2, 0.25) is 11.7 Å². The van der Waals surface area contributed by atoms with E-state index in [9.17, 15) is 0 Å². The van der Waals surface area contributed by atoms with Crippen LogP contribution in [-0.2, 0) is 13.0 Å². The van der Waals surface area contributed by atoms with Crippen LogP contribution in [0.1, 0.15) is 43.3 Å². The summed E-state index contributed by atoms with van der Waals surface area (Å²) in [5.74, 6) is 1.27. The van der Waals surface area contributed by atoms with Crippen molar-refractivity contribution < 1.29 is 4.52 Å². The highest BCUT2D eigenvalue weighted by molar-refractivity contribution is 5.54. The minimum absolute atomic E-state index is 0.294. The van der Waals surface area contributed by atoms with Crippen molar-refractivity contribution in [3.63, 3.8) is 0 Å². The molecule has 2 heterocycles. The number of hydrogen-bond acceptors (Lipinski definition) is 5. The molecular weight excluding hydrogens is 312 g/mol. The molecule has 2 aromatic heterocycles. The van der Waals surface area contributed by atoms with Crippen LogP contribution in [0.15, 0.2) is 53.3 Å². The average Bonchev–Trinajstić information content (AvgIpc) is 3.12. The number of nitrogens with zero attached hydrogens (tertiary/aromatic N) is 4. The maximum Gasteiger partial charge on any atom is 0.241 e. The number of hydrogen-bond donors (Lipinski definition) is 0. The molecule has 5 nitrogen and oxygen atoms in total. The Kier molecular flexibility index (Phi) is 5.56. The van der Waals surface area contributed by atoms with Crippen molar-refractivity contribution in [2.24, 2.45) is 0 Å². The standard InChI is InChI=1S/C20H24N4O/c1-4-15-6-8-17(9-7-15)20-22-19(25-23-20)14-24(3)18(5-2)16-10-12-21-13-11-16/h6-13,18H,4-5,14H2,1-3H3/t18-/m0/s1. The van der Waals surface area contributed by atoms with Crippen molar-refractivity contribution >= 4 is 0 Å². The van der Waals surface area contributed by atoms with Gasteiger partial charge >= 0.3 is 0 Å². The molecule has 25 heavy (non-hydrogen) atoms. The summed E-state index contributed by atoms with van der Waals surface area (Å²) in [7, 11) is 2.08. The zero-order valence-corrected chi connectivity index (χ0v) is 15.0. The Morgan fingerprint density at radius 3 is 2.40 bits per heavy atom. The first kappa shape index (κ1) is 17.3. The molecule has 1 aromatic carbocycles. The van der Waals surface area contributed by atoms with Crippen molar-refractivity contribution in [2.45, 2.75) is 39.3 Å². The largest absolute Gasteiger partial charge is 0.338 e. The van der Waals surface area contributed by atoms with Crippen LogP contribution in [0.4, 0.5) is 0 Å². The van der Waals surface area contributed by atoms with E-state index in [1.807, 2.05) is 24.5 Å². The van der Waals surface area contributed by atoms with E-state index in [1.54, 1.807) is 0 Å². The van der Waals surface area contributed by atoms with Crippen LogP contribution in [-0.4, -0.2) is 27.1 Å². The van der Waals surface area contributed by atoms with Gasteiger partial charge in [0.1, 0.15) is 0 Å². The zero-order valence-electron chi connectivity index (χ0n) is 15.0. The van der Waals surface area contributed by atoms with Crippen molar-refractivity contribution in [1.29, 1.82) is 0 Å². The quantitative estimate of drug-likeness (QED) is 0.644. The van der Waals surface area contributed by atoms with E-state index in [4.69, 9.17) is 4.52 Å². The first-order valence-electron chi connectivity index (χ1n) is 8.73. The van der Waals surface area contributed by atoms with Crippen molar-refractivity contribution in [2.75, 3.05) is 7.05 Å². The molecule has 0 aliphatic heterocycles. The molecule has 3 aromatic rings. The fourth-order valence-electron chi connectivity index (χ4n) is 3.04. The van der Waals surface area contributed by atoms with Crippen LogP contribution in [0.3, 0.4) is 0 Å². The lowest BCUT2D eigenvalue weighted by Crippen LogP contribution is -2.24. The molecule has 130 valence electrons. The summed E-state index contributed by atoms with van der Waals surface area (Å²) in [6.07, 6.45) is 5.68. The highest BCUT2D eigenvalue weighted by Gasteiger charge is 2.18. The predicted octanol–water partition coefficient (Wildman–Crippen LogP) is 4.28. The van der Waals surface area contributed by atoms with Gasteiger partial charge in [-0.2, -0.15) is 4.98 Å². The molecule has 0 aliphatic carbocycles. The number of aromatic nitrogens is 3. The number of aryl methyl sites for hydroxylation is 1. The summed E-state index contributed by atoms with van der Waals surface area (Å²) in [5, 5.41) is 4.13. The highest BCUT2D eigenvalue weighted by Crippen LogP contribution is 2.24.